The maximum atomic E-state index is 13.1. The number of urea groups is 1. The molecule has 3 heterocycles. The second-order valence-electron chi connectivity index (χ2n) is 8.33. The van der Waals surface area contributed by atoms with Crippen molar-refractivity contribution in [3.05, 3.63) is 70.7 Å². The Morgan fingerprint density at radius 1 is 1.24 bits per heavy atom. The number of hydrogen-bond donors (Lipinski definition) is 1. The third-order valence-electron chi connectivity index (χ3n) is 6.19. The summed E-state index contributed by atoms with van der Waals surface area (Å²) >= 11 is 7.95. The van der Waals surface area contributed by atoms with E-state index in [1.165, 1.54) is 0 Å². The van der Waals surface area contributed by atoms with Gasteiger partial charge in [0.2, 0.25) is 5.82 Å². The minimum atomic E-state index is -0.473. The molecule has 3 aromatic rings. The number of carbonyl (C=O) groups excluding carboxylic acids is 1. The van der Waals surface area contributed by atoms with Gasteiger partial charge in [0.15, 0.2) is 0 Å². The maximum Gasteiger partial charge on any atom is 0.322 e. The lowest BCUT2D eigenvalue weighted by Gasteiger charge is -2.36. The van der Waals surface area contributed by atoms with Crippen molar-refractivity contribution >= 4 is 35.0 Å². The van der Waals surface area contributed by atoms with E-state index in [1.807, 2.05) is 55.6 Å². The van der Waals surface area contributed by atoms with Crippen molar-refractivity contribution in [3.8, 4) is 11.4 Å². The number of hydrogen-bond acceptors (Lipinski definition) is 6. The Hall–Kier alpha value is -2.81. The number of benzene rings is 2. The summed E-state index contributed by atoms with van der Waals surface area (Å²) in [6.45, 7) is 3.11. The number of nitrogens with one attached hydrogen (secondary N) is 1. The Balaban J connectivity index is 1.55. The van der Waals surface area contributed by atoms with Gasteiger partial charge < -0.3 is 14.6 Å². The number of nitrogens with zero attached hydrogens (tertiary/aromatic N) is 3. The lowest BCUT2D eigenvalue weighted by molar-refractivity contribution is 0.0877. The highest BCUT2D eigenvalue weighted by Gasteiger charge is 2.37. The molecule has 0 spiro atoms. The van der Waals surface area contributed by atoms with Crippen molar-refractivity contribution in [1.29, 1.82) is 0 Å². The molecular weight excluding hydrogens is 472 g/mol. The molecule has 0 saturated carbocycles. The zero-order chi connectivity index (χ0) is 23.7. The normalized spacial score (nSPS) is 20.7. The molecule has 1 saturated heterocycles. The average molecular weight is 497 g/mol. The van der Waals surface area contributed by atoms with E-state index in [-0.39, 0.29) is 12.1 Å². The Bertz CT molecular complexity index is 1220. The van der Waals surface area contributed by atoms with Crippen LogP contribution >= 0.6 is 23.4 Å². The van der Waals surface area contributed by atoms with Crippen LogP contribution in [0, 0.1) is 0 Å². The summed E-state index contributed by atoms with van der Waals surface area (Å²) in [6.07, 6.45) is 3.98. The van der Waals surface area contributed by atoms with Gasteiger partial charge in [0.05, 0.1) is 24.3 Å². The SMILES string of the molecule is CSc1ccc(-c2noc(C3=C(C)N(CC4CCCO4)C(=O)NC3c3cccc(Cl)c3)n2)cc1. The van der Waals surface area contributed by atoms with Crippen molar-refractivity contribution < 1.29 is 14.1 Å². The van der Waals surface area contributed by atoms with Gasteiger partial charge in [0, 0.05) is 27.8 Å². The molecule has 2 atom stereocenters. The van der Waals surface area contributed by atoms with Gasteiger partial charge in [0.1, 0.15) is 0 Å². The molecule has 7 nitrogen and oxygen atoms in total. The largest absolute Gasteiger partial charge is 0.376 e. The van der Waals surface area contributed by atoms with Crippen molar-refractivity contribution in [2.45, 2.75) is 36.8 Å². The molecule has 1 fully saturated rings. The minimum absolute atomic E-state index is 0.0119. The van der Waals surface area contributed by atoms with Crippen LogP contribution in [0.25, 0.3) is 17.0 Å². The summed E-state index contributed by atoms with van der Waals surface area (Å²) in [7, 11) is 0. The predicted molar refractivity (Wildman–Crippen MR) is 133 cm³/mol. The van der Waals surface area contributed by atoms with Crippen LogP contribution < -0.4 is 5.32 Å². The van der Waals surface area contributed by atoms with Crippen LogP contribution in [0.4, 0.5) is 4.79 Å². The monoisotopic (exact) mass is 496 g/mol. The summed E-state index contributed by atoms with van der Waals surface area (Å²) in [5.74, 6) is 0.860. The number of halogens is 1. The highest BCUT2D eigenvalue weighted by molar-refractivity contribution is 7.98. The molecule has 1 N–H and O–H groups in total. The fourth-order valence-electron chi connectivity index (χ4n) is 4.40. The highest BCUT2D eigenvalue weighted by Crippen LogP contribution is 2.38. The number of thioether (sulfide) groups is 1. The smallest absolute Gasteiger partial charge is 0.322 e. The van der Waals surface area contributed by atoms with Crippen LogP contribution in [-0.4, -0.2) is 46.6 Å². The average Bonchev–Trinajstić information content (AvgIpc) is 3.54. The van der Waals surface area contributed by atoms with Crippen molar-refractivity contribution in [2.24, 2.45) is 0 Å². The van der Waals surface area contributed by atoms with Gasteiger partial charge in [-0.05, 0) is 68.0 Å². The molecular formula is C25H25ClN4O3S. The minimum Gasteiger partial charge on any atom is -0.376 e. The van der Waals surface area contributed by atoms with E-state index >= 15 is 0 Å². The van der Waals surface area contributed by atoms with E-state index in [4.69, 9.17) is 25.8 Å². The molecule has 0 bridgehead atoms. The first-order valence-corrected chi connectivity index (χ1v) is 12.8. The molecule has 2 aliphatic heterocycles. The third-order valence-corrected chi connectivity index (χ3v) is 7.17. The zero-order valence-electron chi connectivity index (χ0n) is 19.0. The Labute approximate surface area is 207 Å². The molecule has 0 aliphatic carbocycles. The van der Waals surface area contributed by atoms with Crippen molar-refractivity contribution in [2.75, 3.05) is 19.4 Å². The van der Waals surface area contributed by atoms with E-state index in [2.05, 4.69) is 10.5 Å². The maximum absolute atomic E-state index is 13.1. The van der Waals surface area contributed by atoms with Crippen LogP contribution in [0.3, 0.4) is 0 Å². The molecule has 2 unspecified atom stereocenters. The quantitative estimate of drug-likeness (QED) is 0.435. The van der Waals surface area contributed by atoms with Crippen LogP contribution in [0.15, 0.2) is 63.6 Å². The summed E-state index contributed by atoms with van der Waals surface area (Å²) < 4.78 is 11.5. The molecule has 0 radical (unpaired) electrons. The summed E-state index contributed by atoms with van der Waals surface area (Å²) in [5, 5.41) is 7.94. The lowest BCUT2D eigenvalue weighted by Crippen LogP contribution is -2.48. The van der Waals surface area contributed by atoms with Gasteiger partial charge in [-0.15, -0.1) is 11.8 Å². The molecule has 176 valence electrons. The number of allylic oxidation sites excluding steroid dienone is 1. The van der Waals surface area contributed by atoms with Gasteiger partial charge in [0.25, 0.3) is 5.89 Å². The Morgan fingerprint density at radius 3 is 2.76 bits per heavy atom. The highest BCUT2D eigenvalue weighted by atomic mass is 35.5. The fraction of sp³-hybridized carbons (Fsp3) is 0.320. The number of carbonyl (C=O) groups is 1. The van der Waals surface area contributed by atoms with E-state index < -0.39 is 6.04 Å². The molecule has 2 aromatic carbocycles. The lowest BCUT2D eigenvalue weighted by atomic mass is 9.94. The van der Waals surface area contributed by atoms with Gasteiger partial charge in [-0.2, -0.15) is 4.98 Å². The van der Waals surface area contributed by atoms with Gasteiger partial charge in [-0.25, -0.2) is 4.79 Å². The van der Waals surface area contributed by atoms with E-state index in [0.717, 1.165) is 46.7 Å². The second kappa shape index (κ2) is 9.82. The van der Waals surface area contributed by atoms with Gasteiger partial charge in [-0.1, -0.05) is 28.9 Å². The van der Waals surface area contributed by atoms with Gasteiger partial charge >= 0.3 is 6.03 Å². The van der Waals surface area contributed by atoms with Crippen molar-refractivity contribution in [3.63, 3.8) is 0 Å². The number of rotatable bonds is 6. The van der Waals surface area contributed by atoms with Gasteiger partial charge in [-0.3, -0.25) is 4.90 Å². The van der Waals surface area contributed by atoms with Crippen molar-refractivity contribution in [1.82, 2.24) is 20.4 Å². The first-order chi connectivity index (χ1) is 16.5. The summed E-state index contributed by atoms with van der Waals surface area (Å²) in [6, 6.07) is 14.8. The fourth-order valence-corrected chi connectivity index (χ4v) is 5.00. The van der Waals surface area contributed by atoms with E-state index in [0.29, 0.717) is 23.3 Å². The standard InChI is InChI=1S/C25H25ClN4O3S/c1-15-21(24-28-23(29-33-24)16-8-10-20(34-2)11-9-16)22(17-5-3-6-18(26)13-17)27-25(31)30(15)14-19-7-4-12-32-19/h3,5-6,8-11,13,19,22H,4,7,12,14H2,1-2H3,(H,27,31). The molecule has 9 heteroatoms. The van der Waals surface area contributed by atoms with E-state index in [1.54, 1.807) is 22.7 Å². The molecule has 34 heavy (non-hydrogen) atoms. The first kappa shape index (κ1) is 23.0. The van der Waals surface area contributed by atoms with Crippen LogP contribution in [0.2, 0.25) is 5.02 Å². The number of amides is 2. The first-order valence-electron chi connectivity index (χ1n) is 11.2. The zero-order valence-corrected chi connectivity index (χ0v) is 20.5. The third kappa shape index (κ3) is 4.58. The molecule has 2 amide bonds. The van der Waals surface area contributed by atoms with Crippen LogP contribution in [0.1, 0.15) is 37.3 Å². The Kier molecular flexibility index (Phi) is 6.63. The molecule has 5 rings (SSSR count). The Morgan fingerprint density at radius 2 is 2.06 bits per heavy atom. The van der Waals surface area contributed by atoms with Crippen LogP contribution in [0.5, 0.6) is 0 Å². The second-order valence-corrected chi connectivity index (χ2v) is 9.65. The van der Waals surface area contributed by atoms with E-state index in [9.17, 15) is 4.79 Å². The topological polar surface area (TPSA) is 80.5 Å². The number of aromatic nitrogens is 2. The van der Waals surface area contributed by atoms with Crippen LogP contribution in [-0.2, 0) is 4.74 Å². The molecule has 2 aliphatic rings. The predicted octanol–water partition coefficient (Wildman–Crippen LogP) is 5.79. The summed E-state index contributed by atoms with van der Waals surface area (Å²) in [4.78, 5) is 20.7. The summed E-state index contributed by atoms with van der Waals surface area (Å²) in [5.41, 5.74) is 3.22. The molecule has 1 aromatic heterocycles. The number of ether oxygens (including phenoxy) is 1.